The van der Waals surface area contributed by atoms with E-state index in [2.05, 4.69) is 0 Å². The molecule has 4 fully saturated rings. The van der Waals surface area contributed by atoms with Crippen LogP contribution < -0.4 is 0 Å². The standard InChI is InChI=1S/C24H42O21/c25-1-5-9(29)13(33)14(34)22(40-5)44-19-11(31)7(3-27)42-24(16(19)36)45-20-12(32)8(4-28)41-23(17(20)37)43-18-10(30)6(2-26)39-21(38)15(18)35/h5-38H,1-4H2/t5?,6?,7?,8?,9-,10-,11-,12-,13-,14?,15?,16?,17?,18-,19-,20-,21+,22-,23-,24-/m0/s1. The molecule has 8 unspecified atom stereocenters. The first-order valence-corrected chi connectivity index (χ1v) is 14.1. The normalized spacial score (nSPS) is 52.9. The van der Waals surface area contributed by atoms with E-state index in [-0.39, 0.29) is 0 Å². The van der Waals surface area contributed by atoms with Crippen molar-refractivity contribution >= 4 is 0 Å². The molecule has 0 aromatic carbocycles. The molecule has 264 valence electrons. The molecule has 0 aromatic heterocycles. The molecule has 0 aliphatic carbocycles. The highest BCUT2D eigenvalue weighted by atomic mass is 16.8. The average Bonchev–Trinajstić information content (AvgIpc) is 3.02. The Balaban J connectivity index is 1.53. The molecule has 0 radical (unpaired) electrons. The van der Waals surface area contributed by atoms with E-state index in [0.29, 0.717) is 0 Å². The van der Waals surface area contributed by atoms with Crippen molar-refractivity contribution in [3.8, 4) is 0 Å². The third kappa shape index (κ3) is 7.44. The van der Waals surface area contributed by atoms with Crippen LogP contribution in [0.15, 0.2) is 0 Å². The summed E-state index contributed by atoms with van der Waals surface area (Å²) in [4.78, 5) is 0. The number of aliphatic hydroxyl groups is 14. The predicted molar refractivity (Wildman–Crippen MR) is 134 cm³/mol. The lowest BCUT2D eigenvalue weighted by Crippen LogP contribution is -2.67. The van der Waals surface area contributed by atoms with Crippen molar-refractivity contribution in [2.45, 2.75) is 123 Å². The van der Waals surface area contributed by atoms with Gasteiger partial charge in [0.25, 0.3) is 0 Å². The molecule has 45 heavy (non-hydrogen) atoms. The van der Waals surface area contributed by atoms with Gasteiger partial charge in [-0.15, -0.1) is 0 Å². The van der Waals surface area contributed by atoms with E-state index in [4.69, 9.17) is 33.2 Å². The van der Waals surface area contributed by atoms with Crippen molar-refractivity contribution in [2.75, 3.05) is 26.4 Å². The molecule has 4 aliphatic rings. The van der Waals surface area contributed by atoms with Gasteiger partial charge in [0.05, 0.1) is 26.4 Å². The number of ether oxygens (including phenoxy) is 7. The molecule has 4 saturated heterocycles. The fraction of sp³-hybridized carbons (Fsp3) is 1.00. The lowest BCUT2D eigenvalue weighted by Gasteiger charge is -2.49. The van der Waals surface area contributed by atoms with Crippen molar-refractivity contribution in [1.29, 1.82) is 0 Å². The second-order valence-corrected chi connectivity index (χ2v) is 11.1. The number of aliphatic hydroxyl groups excluding tert-OH is 14. The van der Waals surface area contributed by atoms with Crippen LogP contribution >= 0.6 is 0 Å². The van der Waals surface area contributed by atoms with E-state index < -0.39 is 149 Å². The molecule has 0 spiro atoms. The molecular weight excluding hydrogens is 624 g/mol. The van der Waals surface area contributed by atoms with Gasteiger partial charge in [-0.1, -0.05) is 0 Å². The van der Waals surface area contributed by atoms with Crippen molar-refractivity contribution in [1.82, 2.24) is 0 Å². The highest BCUT2D eigenvalue weighted by Crippen LogP contribution is 2.34. The third-order valence-corrected chi connectivity index (χ3v) is 8.21. The quantitative estimate of drug-likeness (QED) is 0.103. The van der Waals surface area contributed by atoms with Crippen LogP contribution in [0.1, 0.15) is 0 Å². The van der Waals surface area contributed by atoms with E-state index in [9.17, 15) is 71.5 Å². The van der Waals surface area contributed by atoms with Gasteiger partial charge in [0.2, 0.25) is 0 Å². The number of rotatable bonds is 10. The van der Waals surface area contributed by atoms with Gasteiger partial charge in [-0.05, 0) is 0 Å². The highest BCUT2D eigenvalue weighted by molar-refractivity contribution is 4.97. The smallest absolute Gasteiger partial charge is 0.187 e. The van der Waals surface area contributed by atoms with Crippen LogP contribution in [0.3, 0.4) is 0 Å². The van der Waals surface area contributed by atoms with Crippen LogP contribution in [0.4, 0.5) is 0 Å². The summed E-state index contributed by atoms with van der Waals surface area (Å²) in [5, 5.41) is 143. The zero-order valence-electron chi connectivity index (χ0n) is 23.5. The molecule has 21 nitrogen and oxygen atoms in total. The van der Waals surface area contributed by atoms with Gasteiger partial charge in [-0.25, -0.2) is 0 Å². The lowest BCUT2D eigenvalue weighted by atomic mass is 9.95. The van der Waals surface area contributed by atoms with Crippen molar-refractivity contribution in [3.63, 3.8) is 0 Å². The molecule has 4 heterocycles. The maximum absolute atomic E-state index is 11.1. The van der Waals surface area contributed by atoms with Crippen molar-refractivity contribution in [3.05, 3.63) is 0 Å². The molecule has 0 bridgehead atoms. The van der Waals surface area contributed by atoms with E-state index in [1.54, 1.807) is 0 Å². The monoisotopic (exact) mass is 666 g/mol. The Kier molecular flexibility index (Phi) is 12.8. The first-order chi connectivity index (χ1) is 21.3. The molecule has 4 rings (SSSR count). The van der Waals surface area contributed by atoms with E-state index in [1.807, 2.05) is 0 Å². The number of hydrogen-bond acceptors (Lipinski definition) is 21. The Bertz CT molecular complexity index is 916. The summed E-state index contributed by atoms with van der Waals surface area (Å²) in [7, 11) is 0. The summed E-state index contributed by atoms with van der Waals surface area (Å²) in [6.45, 7) is -3.42. The summed E-state index contributed by atoms with van der Waals surface area (Å²) in [6, 6.07) is 0. The van der Waals surface area contributed by atoms with Crippen LogP contribution in [0.5, 0.6) is 0 Å². The number of hydrogen-bond donors (Lipinski definition) is 14. The fourth-order valence-corrected chi connectivity index (χ4v) is 5.53. The maximum Gasteiger partial charge on any atom is 0.187 e. The first kappa shape index (κ1) is 37.0. The zero-order valence-corrected chi connectivity index (χ0v) is 23.5. The Hall–Kier alpha value is -0.840. The van der Waals surface area contributed by atoms with Gasteiger partial charge in [0.1, 0.15) is 97.7 Å². The average molecular weight is 667 g/mol. The SMILES string of the molecule is OCC1O[C@@H](O[C@@H]2C(O)[C@H](O[C@@H]3C(O)[C@H](O[C@@H]4C(O)[C@H](O)OC(CO)[C@@H]4O)OC(CO)[C@@H]3O)OC(CO)[C@@H]2O)C(O)[C@@H](O)[C@H]1O. The third-order valence-electron chi connectivity index (χ3n) is 8.21. The summed E-state index contributed by atoms with van der Waals surface area (Å²) in [6.07, 6.45) is -36.1. The Labute approximate surface area is 254 Å². The molecule has 0 aromatic rings. The minimum absolute atomic E-state index is 0.802. The van der Waals surface area contributed by atoms with E-state index in [1.165, 1.54) is 0 Å². The van der Waals surface area contributed by atoms with Gasteiger partial charge in [0.15, 0.2) is 25.2 Å². The predicted octanol–water partition coefficient (Wildman–Crippen LogP) is -9.75. The van der Waals surface area contributed by atoms with E-state index in [0.717, 1.165) is 0 Å². The zero-order chi connectivity index (χ0) is 33.3. The summed E-state index contributed by atoms with van der Waals surface area (Å²) in [5.74, 6) is 0. The molecule has 4 aliphatic heterocycles. The molecule has 14 N–H and O–H groups in total. The molecule has 21 heteroatoms. The lowest BCUT2D eigenvalue weighted by molar-refractivity contribution is -0.389. The topological polar surface area (TPSA) is 348 Å². The minimum atomic E-state index is -2.05. The van der Waals surface area contributed by atoms with Gasteiger partial charge in [0, 0.05) is 0 Å². The molecule has 0 saturated carbocycles. The fourth-order valence-electron chi connectivity index (χ4n) is 5.53. The summed E-state index contributed by atoms with van der Waals surface area (Å²) in [5.41, 5.74) is 0. The highest BCUT2D eigenvalue weighted by Gasteiger charge is 2.55. The molecular formula is C24H42O21. The van der Waals surface area contributed by atoms with Gasteiger partial charge in [-0.3, -0.25) is 0 Å². The first-order valence-electron chi connectivity index (χ1n) is 14.1. The molecule has 20 atom stereocenters. The van der Waals surface area contributed by atoms with Crippen LogP contribution in [0, 0.1) is 0 Å². The summed E-state index contributed by atoms with van der Waals surface area (Å²) < 4.78 is 37.5. The van der Waals surface area contributed by atoms with Crippen molar-refractivity contribution in [2.24, 2.45) is 0 Å². The van der Waals surface area contributed by atoms with Crippen LogP contribution in [0.2, 0.25) is 0 Å². The second kappa shape index (κ2) is 15.6. The van der Waals surface area contributed by atoms with Gasteiger partial charge in [-0.2, -0.15) is 0 Å². The largest absolute Gasteiger partial charge is 0.394 e. The van der Waals surface area contributed by atoms with Gasteiger partial charge >= 0.3 is 0 Å². The van der Waals surface area contributed by atoms with Crippen molar-refractivity contribution < 1.29 is 105 Å². The van der Waals surface area contributed by atoms with Crippen LogP contribution in [0.25, 0.3) is 0 Å². The van der Waals surface area contributed by atoms with Crippen LogP contribution in [-0.4, -0.2) is 221 Å². The molecule has 0 amide bonds. The van der Waals surface area contributed by atoms with E-state index >= 15 is 0 Å². The minimum Gasteiger partial charge on any atom is -0.394 e. The Morgan fingerprint density at radius 1 is 0.333 bits per heavy atom. The van der Waals surface area contributed by atoms with Gasteiger partial charge < -0.3 is 105 Å². The Morgan fingerprint density at radius 3 is 1.02 bits per heavy atom. The van der Waals surface area contributed by atoms with Crippen LogP contribution in [-0.2, 0) is 33.2 Å². The second-order valence-electron chi connectivity index (χ2n) is 11.1. The Morgan fingerprint density at radius 2 is 0.644 bits per heavy atom. The maximum atomic E-state index is 11.1. The summed E-state index contributed by atoms with van der Waals surface area (Å²) >= 11 is 0.